The van der Waals surface area contributed by atoms with Crippen LogP contribution in [0.2, 0.25) is 0 Å². The highest BCUT2D eigenvalue weighted by Crippen LogP contribution is 2.21. The first-order chi connectivity index (χ1) is 13.6. The second kappa shape index (κ2) is 7.36. The molecule has 0 unspecified atom stereocenters. The third kappa shape index (κ3) is 3.61. The lowest BCUT2D eigenvalue weighted by Gasteiger charge is -2.08. The molecule has 0 aliphatic rings. The molecule has 4 aromatic rings. The first-order valence-corrected chi connectivity index (χ1v) is 8.65. The minimum absolute atomic E-state index is 0.175. The zero-order valence-corrected chi connectivity index (χ0v) is 14.8. The molecule has 28 heavy (non-hydrogen) atoms. The molecule has 0 aliphatic heterocycles. The van der Waals surface area contributed by atoms with Gasteiger partial charge in [-0.3, -0.25) is 4.79 Å². The van der Waals surface area contributed by atoms with Crippen LogP contribution in [0.1, 0.15) is 15.9 Å². The molecule has 6 nitrogen and oxygen atoms in total. The van der Waals surface area contributed by atoms with Crippen molar-refractivity contribution in [2.75, 3.05) is 0 Å². The molecule has 0 bridgehead atoms. The fourth-order valence-electron chi connectivity index (χ4n) is 2.84. The van der Waals surface area contributed by atoms with Gasteiger partial charge in [-0.15, -0.1) is 0 Å². The minimum atomic E-state index is -0.955. The van der Waals surface area contributed by atoms with Crippen LogP contribution in [0.4, 0.5) is 0 Å². The second-order valence-electron chi connectivity index (χ2n) is 6.25. The number of nitrogens with one attached hydrogen (secondary N) is 1. The summed E-state index contributed by atoms with van der Waals surface area (Å²) in [6, 6.07) is 21.0. The van der Waals surface area contributed by atoms with E-state index in [-0.39, 0.29) is 11.1 Å². The van der Waals surface area contributed by atoms with E-state index in [0.29, 0.717) is 29.1 Å². The summed E-state index contributed by atoms with van der Waals surface area (Å²) in [5.74, 6) is 0.206. The standard InChI is InChI=1S/C22H16N2O4/c25-21-18-3-1-2-4-19(18)23-20(24-21)15-9-11-17(12-10-15)28-13-14-5-7-16(8-6-14)22(26)27/h1-12H,13H2,(H,26,27)(H,23,24,25). The Balaban J connectivity index is 1.49. The Kier molecular flexibility index (Phi) is 4.60. The number of carboxylic acid groups (broad SMARTS) is 1. The van der Waals surface area contributed by atoms with Crippen molar-refractivity contribution in [3.63, 3.8) is 0 Å². The summed E-state index contributed by atoms with van der Waals surface area (Å²) in [4.78, 5) is 30.4. The lowest BCUT2D eigenvalue weighted by Crippen LogP contribution is -2.09. The number of hydrogen-bond donors (Lipinski definition) is 2. The smallest absolute Gasteiger partial charge is 0.335 e. The molecule has 138 valence electrons. The summed E-state index contributed by atoms with van der Waals surface area (Å²) in [5.41, 5.74) is 2.36. The highest BCUT2D eigenvalue weighted by Gasteiger charge is 2.06. The summed E-state index contributed by atoms with van der Waals surface area (Å²) in [6.45, 7) is 0.324. The van der Waals surface area contributed by atoms with Crippen LogP contribution in [0.15, 0.2) is 77.6 Å². The molecule has 0 fully saturated rings. The van der Waals surface area contributed by atoms with E-state index in [0.717, 1.165) is 11.1 Å². The number of nitrogens with zero attached hydrogens (tertiary/aromatic N) is 1. The maximum Gasteiger partial charge on any atom is 0.335 e. The van der Waals surface area contributed by atoms with Crippen LogP contribution in [0.3, 0.4) is 0 Å². The number of ether oxygens (including phenoxy) is 1. The van der Waals surface area contributed by atoms with Gasteiger partial charge in [-0.1, -0.05) is 24.3 Å². The summed E-state index contributed by atoms with van der Waals surface area (Å²) < 4.78 is 5.74. The van der Waals surface area contributed by atoms with Crippen LogP contribution >= 0.6 is 0 Å². The Hall–Kier alpha value is -3.93. The zero-order valence-electron chi connectivity index (χ0n) is 14.8. The van der Waals surface area contributed by atoms with Gasteiger partial charge in [0.25, 0.3) is 5.56 Å². The van der Waals surface area contributed by atoms with Gasteiger partial charge in [-0.25, -0.2) is 9.78 Å². The topological polar surface area (TPSA) is 92.3 Å². The molecular formula is C22H16N2O4. The molecule has 6 heteroatoms. The molecule has 4 rings (SSSR count). The van der Waals surface area contributed by atoms with Gasteiger partial charge >= 0.3 is 5.97 Å². The van der Waals surface area contributed by atoms with Crippen molar-refractivity contribution in [3.8, 4) is 17.1 Å². The molecule has 0 aliphatic carbocycles. The van der Waals surface area contributed by atoms with E-state index in [1.165, 1.54) is 0 Å². The normalized spacial score (nSPS) is 10.7. The number of H-pyrrole nitrogens is 1. The fourth-order valence-corrected chi connectivity index (χ4v) is 2.84. The number of para-hydroxylation sites is 1. The Bertz CT molecular complexity index is 1200. The third-order valence-corrected chi connectivity index (χ3v) is 4.35. The molecule has 0 spiro atoms. The van der Waals surface area contributed by atoms with Gasteiger partial charge in [-0.05, 0) is 54.1 Å². The number of carbonyl (C=O) groups is 1. The van der Waals surface area contributed by atoms with Crippen molar-refractivity contribution in [2.45, 2.75) is 6.61 Å². The number of aromatic nitrogens is 2. The molecule has 1 heterocycles. The third-order valence-electron chi connectivity index (χ3n) is 4.35. The number of fused-ring (bicyclic) bond motifs is 1. The molecule has 1 aromatic heterocycles. The SMILES string of the molecule is O=C(O)c1ccc(COc2ccc(-c3nc4ccccc4c(=O)[nH]3)cc2)cc1. The van der Waals surface area contributed by atoms with Crippen LogP contribution in [-0.2, 0) is 6.61 Å². The Morgan fingerprint density at radius 2 is 1.68 bits per heavy atom. The van der Waals surface area contributed by atoms with Gasteiger partial charge in [0.05, 0.1) is 16.5 Å². The van der Waals surface area contributed by atoms with Crippen LogP contribution in [0.5, 0.6) is 5.75 Å². The highest BCUT2D eigenvalue weighted by molar-refractivity contribution is 5.87. The quantitative estimate of drug-likeness (QED) is 0.555. The number of carboxylic acids is 1. The molecule has 0 radical (unpaired) electrons. The Morgan fingerprint density at radius 1 is 0.964 bits per heavy atom. The van der Waals surface area contributed by atoms with Crippen molar-refractivity contribution in [2.24, 2.45) is 0 Å². The zero-order chi connectivity index (χ0) is 19.5. The monoisotopic (exact) mass is 372 g/mol. The number of aromatic amines is 1. The molecule has 3 aromatic carbocycles. The predicted molar refractivity (Wildman–Crippen MR) is 106 cm³/mol. The minimum Gasteiger partial charge on any atom is -0.489 e. The molecule has 0 saturated heterocycles. The van der Waals surface area contributed by atoms with Crippen LogP contribution in [-0.4, -0.2) is 21.0 Å². The van der Waals surface area contributed by atoms with Gasteiger partial charge in [0.2, 0.25) is 0 Å². The fraction of sp³-hybridized carbons (Fsp3) is 0.0455. The number of benzene rings is 3. The second-order valence-corrected chi connectivity index (χ2v) is 6.25. The van der Waals surface area contributed by atoms with Gasteiger partial charge in [0.1, 0.15) is 18.2 Å². The lowest BCUT2D eigenvalue weighted by molar-refractivity contribution is 0.0697. The van der Waals surface area contributed by atoms with Crippen molar-refractivity contribution in [1.29, 1.82) is 0 Å². The van der Waals surface area contributed by atoms with E-state index in [1.54, 1.807) is 54.6 Å². The van der Waals surface area contributed by atoms with Crippen LogP contribution < -0.4 is 10.3 Å². The molecule has 2 N–H and O–H groups in total. The average molecular weight is 372 g/mol. The van der Waals surface area contributed by atoms with Gasteiger partial charge in [0, 0.05) is 5.56 Å². The molecule has 0 amide bonds. The number of aromatic carboxylic acids is 1. The summed E-state index contributed by atoms with van der Waals surface area (Å²) in [7, 11) is 0. The van der Waals surface area contributed by atoms with Gasteiger partial charge < -0.3 is 14.8 Å². The first-order valence-electron chi connectivity index (χ1n) is 8.65. The van der Waals surface area contributed by atoms with E-state index in [1.807, 2.05) is 18.2 Å². The number of rotatable bonds is 5. The number of hydrogen-bond acceptors (Lipinski definition) is 4. The summed E-state index contributed by atoms with van der Waals surface area (Å²) in [5, 5.41) is 9.48. The Morgan fingerprint density at radius 3 is 2.39 bits per heavy atom. The van der Waals surface area contributed by atoms with Gasteiger partial charge in [0.15, 0.2) is 0 Å². The average Bonchev–Trinajstić information content (AvgIpc) is 2.73. The van der Waals surface area contributed by atoms with Gasteiger partial charge in [-0.2, -0.15) is 0 Å². The largest absolute Gasteiger partial charge is 0.489 e. The van der Waals surface area contributed by atoms with Crippen LogP contribution in [0, 0.1) is 0 Å². The molecular weight excluding hydrogens is 356 g/mol. The van der Waals surface area contributed by atoms with E-state index in [4.69, 9.17) is 9.84 Å². The van der Waals surface area contributed by atoms with E-state index in [9.17, 15) is 9.59 Å². The van der Waals surface area contributed by atoms with Crippen LogP contribution in [0.25, 0.3) is 22.3 Å². The predicted octanol–water partition coefficient (Wildman–Crippen LogP) is 3.87. The first kappa shape index (κ1) is 17.5. The van der Waals surface area contributed by atoms with Crippen molar-refractivity contribution >= 4 is 16.9 Å². The Labute approximate surface area is 160 Å². The van der Waals surface area contributed by atoms with E-state index < -0.39 is 5.97 Å². The van der Waals surface area contributed by atoms with Crippen molar-refractivity contribution < 1.29 is 14.6 Å². The van der Waals surface area contributed by atoms with Crippen molar-refractivity contribution in [1.82, 2.24) is 9.97 Å². The molecule has 0 atom stereocenters. The summed E-state index contributed by atoms with van der Waals surface area (Å²) >= 11 is 0. The summed E-state index contributed by atoms with van der Waals surface area (Å²) in [6.07, 6.45) is 0. The lowest BCUT2D eigenvalue weighted by atomic mass is 10.1. The maximum atomic E-state index is 12.2. The van der Waals surface area contributed by atoms with E-state index in [2.05, 4.69) is 9.97 Å². The highest BCUT2D eigenvalue weighted by atomic mass is 16.5. The molecule has 0 saturated carbocycles. The van der Waals surface area contributed by atoms with E-state index >= 15 is 0 Å². The maximum absolute atomic E-state index is 12.2. The van der Waals surface area contributed by atoms with Crippen molar-refractivity contribution in [3.05, 3.63) is 94.3 Å².